The maximum atomic E-state index is 12.6. The van der Waals surface area contributed by atoms with Crippen molar-refractivity contribution in [3.05, 3.63) is 18.2 Å². The van der Waals surface area contributed by atoms with Gasteiger partial charge in [0.15, 0.2) is 0 Å². The van der Waals surface area contributed by atoms with Crippen LogP contribution in [0.25, 0.3) is 0 Å². The molecular weight excluding hydrogens is 703 g/mol. The second-order valence-corrected chi connectivity index (χ2v) is 17.9. The lowest BCUT2D eigenvalue weighted by Crippen LogP contribution is -2.36. The molecule has 0 spiro atoms. The van der Waals surface area contributed by atoms with Crippen LogP contribution < -0.4 is 0 Å². The average molecular weight is 800 g/mol. The minimum absolute atomic E-state index is 0.0187. The molecule has 6 heteroatoms. The van der Waals surface area contributed by atoms with Crippen LogP contribution in [-0.2, 0) is 27.9 Å². The van der Waals surface area contributed by atoms with Crippen LogP contribution in [0.5, 0.6) is 0 Å². The Kier molecular flexibility index (Phi) is 38.4. The van der Waals surface area contributed by atoms with E-state index in [-0.39, 0.29) is 5.97 Å². The molecule has 2 atom stereocenters. The number of aryl methyl sites for hydroxylation is 1. The summed E-state index contributed by atoms with van der Waals surface area (Å²) in [5, 5.41) is 0. The minimum Gasteiger partial charge on any atom is -0.465 e. The lowest BCUT2D eigenvalue weighted by atomic mass is 9.96. The average Bonchev–Trinajstić information content (AvgIpc) is 3.63. The maximum Gasteiger partial charge on any atom is 0.305 e. The number of carbonyl (C=O) groups excluding carboxylic acids is 2. The molecule has 0 amide bonds. The summed E-state index contributed by atoms with van der Waals surface area (Å²) in [7, 11) is 2.14. The number of aromatic nitrogens is 2. The zero-order valence-electron chi connectivity index (χ0n) is 38.7. The molecule has 1 rings (SSSR count). The molecule has 0 aliphatic carbocycles. The van der Waals surface area contributed by atoms with E-state index in [0.29, 0.717) is 25.0 Å². The zero-order valence-corrected chi connectivity index (χ0v) is 38.7. The first-order valence-electron chi connectivity index (χ1n) is 25.3. The van der Waals surface area contributed by atoms with Crippen molar-refractivity contribution in [2.75, 3.05) is 13.2 Å². The highest BCUT2D eigenvalue weighted by Gasteiger charge is 2.20. The standard InChI is InChI=1S/C51H97N3O3/c1-5-8-11-13-14-15-16-17-18-19-24-29-35-43-54(46-50-52-42-44-53(50)4)49(39-32-26-21-20-25-30-36-45-55)40-33-27-22-23-28-34-41-51(56)57-47-48(37-10-7-3)38-31-12-9-6-2/h42,44-45,48-49H,5-41,43,46-47H2,1-4H3. The Morgan fingerprint density at radius 3 is 1.60 bits per heavy atom. The zero-order chi connectivity index (χ0) is 41.3. The number of rotatable bonds is 45. The van der Waals surface area contributed by atoms with E-state index in [1.165, 1.54) is 218 Å². The number of hydrogen-bond donors (Lipinski definition) is 0. The van der Waals surface area contributed by atoms with E-state index < -0.39 is 0 Å². The third kappa shape index (κ3) is 32.8. The smallest absolute Gasteiger partial charge is 0.305 e. The Morgan fingerprint density at radius 2 is 1.07 bits per heavy atom. The highest BCUT2D eigenvalue weighted by atomic mass is 16.5. The first-order valence-corrected chi connectivity index (χ1v) is 25.3. The summed E-state index contributed by atoms with van der Waals surface area (Å²) < 4.78 is 7.99. The van der Waals surface area contributed by atoms with Crippen LogP contribution in [0.3, 0.4) is 0 Å². The predicted octanol–water partition coefficient (Wildman–Crippen LogP) is 15.4. The number of esters is 1. The first-order chi connectivity index (χ1) is 28.0. The molecule has 2 unspecified atom stereocenters. The van der Waals surface area contributed by atoms with Crippen LogP contribution >= 0.6 is 0 Å². The van der Waals surface area contributed by atoms with Crippen LogP contribution in [0, 0.1) is 5.92 Å². The molecule has 0 aromatic carbocycles. The normalized spacial score (nSPS) is 12.7. The first kappa shape index (κ1) is 53.3. The Morgan fingerprint density at radius 1 is 0.614 bits per heavy atom. The predicted molar refractivity (Wildman–Crippen MR) is 246 cm³/mol. The number of aldehydes is 1. The second kappa shape index (κ2) is 41.1. The van der Waals surface area contributed by atoms with Gasteiger partial charge in [-0.25, -0.2) is 4.98 Å². The van der Waals surface area contributed by atoms with E-state index in [0.717, 1.165) is 38.5 Å². The molecule has 0 bridgehead atoms. The Bertz CT molecular complexity index is 996. The van der Waals surface area contributed by atoms with Crippen LogP contribution in [0.1, 0.15) is 264 Å². The van der Waals surface area contributed by atoms with Gasteiger partial charge >= 0.3 is 5.97 Å². The number of ether oxygens (including phenoxy) is 1. The number of hydrogen-bond acceptors (Lipinski definition) is 5. The lowest BCUT2D eigenvalue weighted by molar-refractivity contribution is -0.145. The number of carbonyl (C=O) groups is 2. The Labute approximate surface area is 355 Å². The molecule has 0 saturated heterocycles. The van der Waals surface area contributed by atoms with E-state index in [4.69, 9.17) is 9.72 Å². The Balaban J connectivity index is 2.52. The largest absolute Gasteiger partial charge is 0.465 e. The van der Waals surface area contributed by atoms with Gasteiger partial charge in [0.05, 0.1) is 13.2 Å². The molecule has 1 heterocycles. The summed E-state index contributed by atoms with van der Waals surface area (Å²) in [5.74, 6) is 1.75. The third-order valence-corrected chi connectivity index (χ3v) is 12.5. The van der Waals surface area contributed by atoms with Gasteiger partial charge in [0.2, 0.25) is 0 Å². The SMILES string of the molecule is CCCCCCCCCCCCCCCN(Cc1nccn1C)C(CCCCCCCCC=O)CCCCCCCCC(=O)OCC(CCCC)CCCCCC. The van der Waals surface area contributed by atoms with Crippen molar-refractivity contribution in [3.8, 4) is 0 Å². The van der Waals surface area contributed by atoms with Crippen LogP contribution in [0.15, 0.2) is 12.4 Å². The topological polar surface area (TPSA) is 64.4 Å². The fourth-order valence-electron chi connectivity index (χ4n) is 8.58. The number of nitrogens with zero attached hydrogens (tertiary/aromatic N) is 3. The van der Waals surface area contributed by atoms with E-state index >= 15 is 0 Å². The van der Waals surface area contributed by atoms with Crippen molar-refractivity contribution in [1.82, 2.24) is 14.5 Å². The monoisotopic (exact) mass is 800 g/mol. The van der Waals surface area contributed by atoms with Gasteiger partial charge in [-0.2, -0.15) is 0 Å². The number of imidazole rings is 1. The lowest BCUT2D eigenvalue weighted by Gasteiger charge is -2.32. The molecule has 0 N–H and O–H groups in total. The van der Waals surface area contributed by atoms with Crippen LogP contribution in [0.4, 0.5) is 0 Å². The number of unbranched alkanes of at least 4 members (excludes halogenated alkanes) is 27. The molecule has 1 aromatic rings. The molecular formula is C51H97N3O3. The van der Waals surface area contributed by atoms with E-state index in [9.17, 15) is 9.59 Å². The highest BCUT2D eigenvalue weighted by molar-refractivity contribution is 5.69. The van der Waals surface area contributed by atoms with Crippen molar-refractivity contribution in [2.24, 2.45) is 13.0 Å². The highest BCUT2D eigenvalue weighted by Crippen LogP contribution is 2.23. The summed E-state index contributed by atoms with van der Waals surface area (Å²) in [4.78, 5) is 30.8. The van der Waals surface area contributed by atoms with Crippen LogP contribution in [-0.4, -0.2) is 45.9 Å². The van der Waals surface area contributed by atoms with Crippen molar-refractivity contribution >= 4 is 12.3 Å². The molecule has 0 fully saturated rings. The second-order valence-electron chi connectivity index (χ2n) is 17.9. The van der Waals surface area contributed by atoms with Crippen LogP contribution in [0.2, 0.25) is 0 Å². The van der Waals surface area contributed by atoms with Crippen molar-refractivity contribution in [1.29, 1.82) is 0 Å². The molecule has 57 heavy (non-hydrogen) atoms. The molecule has 334 valence electrons. The van der Waals surface area contributed by atoms with Gasteiger partial charge in [0.1, 0.15) is 12.1 Å². The van der Waals surface area contributed by atoms with Crippen molar-refractivity contribution < 1.29 is 14.3 Å². The van der Waals surface area contributed by atoms with Gasteiger partial charge in [-0.15, -0.1) is 0 Å². The van der Waals surface area contributed by atoms with E-state index in [2.05, 4.69) is 43.5 Å². The molecule has 0 aliphatic rings. The van der Waals surface area contributed by atoms with E-state index in [1.54, 1.807) is 0 Å². The fraction of sp³-hybridized carbons (Fsp3) is 0.902. The summed E-state index contributed by atoms with van der Waals surface area (Å²) in [5.41, 5.74) is 0. The minimum atomic E-state index is 0.0187. The van der Waals surface area contributed by atoms with Gasteiger partial charge in [0.25, 0.3) is 0 Å². The molecule has 0 saturated carbocycles. The maximum absolute atomic E-state index is 12.6. The Hall–Kier alpha value is -1.69. The van der Waals surface area contributed by atoms with Gasteiger partial charge in [-0.1, -0.05) is 201 Å². The molecule has 0 radical (unpaired) electrons. The van der Waals surface area contributed by atoms with Gasteiger partial charge in [0, 0.05) is 38.3 Å². The summed E-state index contributed by atoms with van der Waals surface area (Å²) in [6.45, 7) is 9.57. The van der Waals surface area contributed by atoms with Gasteiger partial charge < -0.3 is 14.1 Å². The third-order valence-electron chi connectivity index (χ3n) is 12.5. The quantitative estimate of drug-likeness (QED) is 0.0373. The fourth-order valence-corrected chi connectivity index (χ4v) is 8.58. The van der Waals surface area contributed by atoms with E-state index in [1.807, 2.05) is 6.20 Å². The van der Waals surface area contributed by atoms with Crippen molar-refractivity contribution in [2.45, 2.75) is 271 Å². The van der Waals surface area contributed by atoms with Gasteiger partial charge in [-0.3, -0.25) is 9.69 Å². The molecule has 0 aliphatic heterocycles. The molecule has 6 nitrogen and oxygen atoms in total. The molecule has 1 aromatic heterocycles. The van der Waals surface area contributed by atoms with Crippen molar-refractivity contribution in [3.63, 3.8) is 0 Å². The van der Waals surface area contributed by atoms with Gasteiger partial charge in [-0.05, 0) is 57.4 Å². The summed E-state index contributed by atoms with van der Waals surface area (Å²) in [6.07, 6.45) is 51.6. The summed E-state index contributed by atoms with van der Waals surface area (Å²) in [6, 6.07) is 0.608. The summed E-state index contributed by atoms with van der Waals surface area (Å²) >= 11 is 0.